The minimum absolute atomic E-state index is 0.0968. The Bertz CT molecular complexity index is 793. The molecule has 28 heavy (non-hydrogen) atoms. The summed E-state index contributed by atoms with van der Waals surface area (Å²) in [5.41, 5.74) is 2.05. The molecule has 0 bridgehead atoms. The topological polar surface area (TPSA) is 75.2 Å². The first kappa shape index (κ1) is 21.1. The maximum atomic E-state index is 12.1. The van der Waals surface area contributed by atoms with Gasteiger partial charge in [-0.1, -0.05) is 30.3 Å². The number of amides is 1. The Morgan fingerprint density at radius 2 is 1.82 bits per heavy atom. The summed E-state index contributed by atoms with van der Waals surface area (Å²) < 4.78 is 10.7. The van der Waals surface area contributed by atoms with Crippen molar-refractivity contribution in [2.75, 3.05) is 34.9 Å². The Morgan fingerprint density at radius 1 is 1.07 bits per heavy atom. The van der Waals surface area contributed by atoms with E-state index in [-0.39, 0.29) is 12.5 Å². The van der Waals surface area contributed by atoms with Gasteiger partial charge < -0.3 is 25.0 Å². The van der Waals surface area contributed by atoms with Crippen LogP contribution < -0.4 is 20.1 Å². The summed E-state index contributed by atoms with van der Waals surface area (Å²) in [5, 5.41) is 5.97. The van der Waals surface area contributed by atoms with Gasteiger partial charge in [0, 0.05) is 38.8 Å². The molecule has 2 rings (SSSR count). The molecule has 0 radical (unpaired) electrons. The van der Waals surface area contributed by atoms with Crippen LogP contribution >= 0.6 is 0 Å². The molecule has 0 saturated heterocycles. The van der Waals surface area contributed by atoms with Crippen molar-refractivity contribution in [3.63, 3.8) is 0 Å². The van der Waals surface area contributed by atoms with Crippen LogP contribution in [0.3, 0.4) is 0 Å². The van der Waals surface area contributed by atoms with Crippen molar-refractivity contribution in [1.29, 1.82) is 0 Å². The predicted octanol–water partition coefficient (Wildman–Crippen LogP) is 2.03. The van der Waals surface area contributed by atoms with Gasteiger partial charge >= 0.3 is 0 Å². The molecular formula is C21H28N4O3. The van der Waals surface area contributed by atoms with Gasteiger partial charge in [0.25, 0.3) is 0 Å². The highest BCUT2D eigenvalue weighted by Crippen LogP contribution is 2.25. The minimum Gasteiger partial charge on any atom is -0.497 e. The Morgan fingerprint density at radius 3 is 2.46 bits per heavy atom. The van der Waals surface area contributed by atoms with Gasteiger partial charge in [-0.05, 0) is 17.7 Å². The van der Waals surface area contributed by atoms with Crippen LogP contribution in [0.1, 0.15) is 11.1 Å². The molecule has 0 spiro atoms. The molecule has 1 amide bonds. The zero-order valence-electron chi connectivity index (χ0n) is 16.9. The number of ether oxygens (including phenoxy) is 2. The first-order chi connectivity index (χ1) is 13.6. The Labute approximate surface area is 166 Å². The van der Waals surface area contributed by atoms with E-state index in [1.807, 2.05) is 60.5 Å². The number of hydrogen-bond donors (Lipinski definition) is 2. The van der Waals surface area contributed by atoms with Crippen molar-refractivity contribution in [1.82, 2.24) is 15.5 Å². The Hall–Kier alpha value is -3.22. The molecule has 0 aliphatic heterocycles. The van der Waals surface area contributed by atoms with E-state index in [9.17, 15) is 4.79 Å². The molecular weight excluding hydrogens is 356 g/mol. The first-order valence-electron chi connectivity index (χ1n) is 9.00. The van der Waals surface area contributed by atoms with Gasteiger partial charge in [-0.15, -0.1) is 0 Å². The first-order valence-corrected chi connectivity index (χ1v) is 9.00. The number of hydrogen-bond acceptors (Lipinski definition) is 4. The van der Waals surface area contributed by atoms with Crippen molar-refractivity contribution in [2.45, 2.75) is 13.1 Å². The highest BCUT2D eigenvalue weighted by atomic mass is 16.5. The third kappa shape index (κ3) is 6.19. The van der Waals surface area contributed by atoms with Crippen LogP contribution in [0.15, 0.2) is 53.5 Å². The summed E-state index contributed by atoms with van der Waals surface area (Å²) >= 11 is 0. The lowest BCUT2D eigenvalue weighted by molar-refractivity contribution is -0.120. The van der Waals surface area contributed by atoms with Crippen molar-refractivity contribution < 1.29 is 14.3 Å². The summed E-state index contributed by atoms with van der Waals surface area (Å²) in [6, 6.07) is 15.5. The smallest absolute Gasteiger partial charge is 0.239 e. The summed E-state index contributed by atoms with van der Waals surface area (Å²) in [4.78, 5) is 18.3. The number of guanidine groups is 1. The van der Waals surface area contributed by atoms with Crippen LogP contribution in [-0.4, -0.2) is 51.6 Å². The number of rotatable bonds is 8. The van der Waals surface area contributed by atoms with E-state index in [0.29, 0.717) is 19.0 Å². The molecule has 0 saturated carbocycles. The fourth-order valence-corrected chi connectivity index (χ4v) is 2.72. The predicted molar refractivity (Wildman–Crippen MR) is 111 cm³/mol. The molecule has 2 N–H and O–H groups in total. The molecule has 0 atom stereocenters. The molecule has 0 fully saturated rings. The maximum absolute atomic E-state index is 12.1. The summed E-state index contributed by atoms with van der Waals surface area (Å²) in [6.45, 7) is 1.21. The zero-order chi connectivity index (χ0) is 20.4. The number of benzene rings is 2. The average Bonchev–Trinajstić information content (AvgIpc) is 2.73. The number of carbonyl (C=O) groups excluding carboxylic acids is 1. The van der Waals surface area contributed by atoms with E-state index in [1.54, 1.807) is 21.3 Å². The van der Waals surface area contributed by atoms with Gasteiger partial charge in [0.15, 0.2) is 5.96 Å². The van der Waals surface area contributed by atoms with Crippen molar-refractivity contribution in [3.8, 4) is 11.5 Å². The number of nitrogens with one attached hydrogen (secondary N) is 2. The van der Waals surface area contributed by atoms with Crippen molar-refractivity contribution >= 4 is 11.9 Å². The van der Waals surface area contributed by atoms with E-state index >= 15 is 0 Å². The standard InChI is InChI=1S/C21H28N4O3/c1-22-21(24-14-20(26)23-13-16-8-6-5-7-9-16)25(2)15-17-10-11-18(27-3)12-19(17)28-4/h5-12H,13-15H2,1-4H3,(H,22,24)(H,23,26). The molecule has 0 unspecified atom stereocenters. The van der Waals surface area contributed by atoms with Crippen molar-refractivity contribution in [2.24, 2.45) is 4.99 Å². The van der Waals surface area contributed by atoms with Gasteiger partial charge in [0.05, 0.1) is 20.8 Å². The van der Waals surface area contributed by atoms with E-state index in [1.165, 1.54) is 0 Å². The minimum atomic E-state index is -0.0968. The summed E-state index contributed by atoms with van der Waals surface area (Å²) in [5.74, 6) is 2.00. The largest absolute Gasteiger partial charge is 0.497 e. The van der Waals surface area contributed by atoms with Crippen LogP contribution in [0.4, 0.5) is 0 Å². The molecule has 7 heteroatoms. The molecule has 0 heterocycles. The second-order valence-electron chi connectivity index (χ2n) is 6.20. The van der Waals surface area contributed by atoms with Crippen LogP contribution in [0, 0.1) is 0 Å². The maximum Gasteiger partial charge on any atom is 0.239 e. The third-order valence-electron chi connectivity index (χ3n) is 4.21. The van der Waals surface area contributed by atoms with Crippen LogP contribution in [0.2, 0.25) is 0 Å². The lowest BCUT2D eigenvalue weighted by Crippen LogP contribution is -2.43. The molecule has 7 nitrogen and oxygen atoms in total. The zero-order valence-corrected chi connectivity index (χ0v) is 16.9. The van der Waals surface area contributed by atoms with Crippen molar-refractivity contribution in [3.05, 3.63) is 59.7 Å². The van der Waals surface area contributed by atoms with Crippen LogP contribution in [0.5, 0.6) is 11.5 Å². The number of carbonyl (C=O) groups is 1. The molecule has 2 aromatic rings. The van der Waals surface area contributed by atoms with Gasteiger partial charge in [-0.25, -0.2) is 0 Å². The normalized spacial score (nSPS) is 10.9. The van der Waals surface area contributed by atoms with Gasteiger partial charge in [-0.2, -0.15) is 0 Å². The summed E-state index contributed by atoms with van der Waals surface area (Å²) in [6.07, 6.45) is 0. The SMILES string of the molecule is CN=C(NCC(=O)NCc1ccccc1)N(C)Cc1ccc(OC)cc1OC. The molecule has 150 valence electrons. The number of methoxy groups -OCH3 is 2. The van der Waals surface area contributed by atoms with E-state index in [2.05, 4.69) is 15.6 Å². The monoisotopic (exact) mass is 384 g/mol. The second-order valence-corrected chi connectivity index (χ2v) is 6.20. The highest BCUT2D eigenvalue weighted by Gasteiger charge is 2.12. The van der Waals surface area contributed by atoms with E-state index in [4.69, 9.17) is 9.47 Å². The third-order valence-corrected chi connectivity index (χ3v) is 4.21. The van der Waals surface area contributed by atoms with E-state index < -0.39 is 0 Å². The lowest BCUT2D eigenvalue weighted by atomic mass is 10.2. The molecule has 2 aromatic carbocycles. The fourth-order valence-electron chi connectivity index (χ4n) is 2.72. The lowest BCUT2D eigenvalue weighted by Gasteiger charge is -2.23. The number of aliphatic imine (C=N–C) groups is 1. The molecule has 0 aliphatic carbocycles. The average molecular weight is 384 g/mol. The highest BCUT2D eigenvalue weighted by molar-refractivity contribution is 5.86. The van der Waals surface area contributed by atoms with Gasteiger partial charge in [-0.3, -0.25) is 9.79 Å². The van der Waals surface area contributed by atoms with E-state index in [0.717, 1.165) is 22.6 Å². The quantitative estimate of drug-likeness (QED) is 0.538. The fraction of sp³-hybridized carbons (Fsp3) is 0.333. The summed E-state index contributed by atoms with van der Waals surface area (Å²) in [7, 11) is 6.84. The van der Waals surface area contributed by atoms with Crippen LogP contribution in [0.25, 0.3) is 0 Å². The van der Waals surface area contributed by atoms with Gasteiger partial charge in [0.2, 0.25) is 5.91 Å². The van der Waals surface area contributed by atoms with Crippen LogP contribution in [-0.2, 0) is 17.9 Å². The Kier molecular flexibility index (Phi) is 8.14. The molecule has 0 aliphatic rings. The number of nitrogens with zero attached hydrogens (tertiary/aromatic N) is 2. The second kappa shape index (κ2) is 10.8. The van der Waals surface area contributed by atoms with Gasteiger partial charge in [0.1, 0.15) is 11.5 Å². The molecule has 0 aromatic heterocycles. The Balaban J connectivity index is 1.88.